The second-order valence-corrected chi connectivity index (χ2v) is 8.36. The van der Waals surface area contributed by atoms with Crippen molar-refractivity contribution in [1.29, 1.82) is 0 Å². The molecular formula is C24H25N3O2. The second kappa shape index (κ2) is 7.47. The summed E-state index contributed by atoms with van der Waals surface area (Å²) in [6.07, 6.45) is 3.41. The van der Waals surface area contributed by atoms with Crippen LogP contribution in [0.1, 0.15) is 24.8 Å². The van der Waals surface area contributed by atoms with Crippen molar-refractivity contribution < 1.29 is 9.53 Å². The topological polar surface area (TPSA) is 54.3 Å². The van der Waals surface area contributed by atoms with Crippen molar-refractivity contribution in [2.24, 2.45) is 33.9 Å². The molecule has 5 rings (SSSR count). The van der Waals surface area contributed by atoms with E-state index < -0.39 is 0 Å². The summed E-state index contributed by atoms with van der Waals surface area (Å²) in [5.74, 6) is 2.68. The number of benzene rings is 2. The van der Waals surface area contributed by atoms with Gasteiger partial charge in [0.05, 0.1) is 18.0 Å². The van der Waals surface area contributed by atoms with Crippen molar-refractivity contribution in [3.8, 4) is 5.75 Å². The molecular weight excluding hydrogens is 362 g/mol. The Hall–Kier alpha value is -2.95. The average molecular weight is 387 g/mol. The van der Waals surface area contributed by atoms with Gasteiger partial charge in [-0.05, 0) is 48.8 Å². The van der Waals surface area contributed by atoms with Gasteiger partial charge in [0.1, 0.15) is 5.75 Å². The van der Waals surface area contributed by atoms with Gasteiger partial charge in [-0.25, -0.2) is 4.79 Å². The molecule has 2 bridgehead atoms. The molecule has 0 saturated heterocycles. The summed E-state index contributed by atoms with van der Waals surface area (Å²) in [7, 11) is 1.77. The van der Waals surface area contributed by atoms with Gasteiger partial charge in [0, 0.05) is 18.9 Å². The lowest BCUT2D eigenvalue weighted by Crippen LogP contribution is -2.43. The highest BCUT2D eigenvalue weighted by molar-refractivity contribution is 6.08. The van der Waals surface area contributed by atoms with Crippen LogP contribution < -0.4 is 4.74 Å². The van der Waals surface area contributed by atoms with E-state index in [0.717, 1.165) is 11.4 Å². The van der Waals surface area contributed by atoms with Crippen LogP contribution in [0.4, 0.5) is 4.79 Å². The number of nitrogens with zero attached hydrogens (tertiary/aromatic N) is 3. The highest BCUT2D eigenvalue weighted by atomic mass is 16.6. The Morgan fingerprint density at radius 3 is 2.34 bits per heavy atom. The summed E-state index contributed by atoms with van der Waals surface area (Å²) in [6.45, 7) is 0.460. The van der Waals surface area contributed by atoms with Gasteiger partial charge in [-0.3, -0.25) is 0 Å². The number of carbonyl (C=O) groups excluding carboxylic acids is 1. The van der Waals surface area contributed by atoms with Crippen molar-refractivity contribution in [3.63, 3.8) is 0 Å². The number of amides is 1. The minimum Gasteiger partial charge on any atom is -0.410 e. The number of carbonyl (C=O) groups is 1. The van der Waals surface area contributed by atoms with Crippen LogP contribution in [0, 0.1) is 23.7 Å². The van der Waals surface area contributed by atoms with Crippen LogP contribution in [0.15, 0.2) is 70.9 Å². The first-order chi connectivity index (χ1) is 14.2. The minimum atomic E-state index is -0.364. The van der Waals surface area contributed by atoms with Crippen molar-refractivity contribution in [2.75, 3.05) is 13.6 Å². The number of rotatable bonds is 4. The molecule has 4 atom stereocenters. The molecule has 148 valence electrons. The number of hydrogen-bond donors (Lipinski definition) is 0. The first-order valence-electron chi connectivity index (χ1n) is 10.4. The van der Waals surface area contributed by atoms with Gasteiger partial charge in [-0.1, -0.05) is 48.5 Å². The Kier molecular flexibility index (Phi) is 4.66. The highest BCUT2D eigenvalue weighted by Gasteiger charge is 2.53. The molecule has 2 aromatic rings. The highest BCUT2D eigenvalue weighted by Crippen LogP contribution is 2.55. The van der Waals surface area contributed by atoms with E-state index in [1.165, 1.54) is 24.8 Å². The smallest absolute Gasteiger partial charge is 0.410 e. The number of hydrogen-bond acceptors (Lipinski definition) is 4. The second-order valence-electron chi connectivity index (χ2n) is 8.36. The Balaban J connectivity index is 1.37. The van der Waals surface area contributed by atoms with Crippen LogP contribution in [-0.4, -0.2) is 36.0 Å². The molecule has 2 aromatic carbocycles. The third-order valence-electron chi connectivity index (χ3n) is 6.63. The predicted molar refractivity (Wildman–Crippen MR) is 113 cm³/mol. The molecule has 5 heteroatoms. The summed E-state index contributed by atoms with van der Waals surface area (Å²) in [5.41, 5.74) is 3.32. The number of fused-ring (bicyclic) bond motifs is 5. The van der Waals surface area contributed by atoms with Crippen LogP contribution in [0.5, 0.6) is 5.75 Å². The third-order valence-corrected chi connectivity index (χ3v) is 6.63. The molecule has 0 N–H and O–H groups in total. The van der Waals surface area contributed by atoms with Gasteiger partial charge < -0.3 is 9.64 Å². The molecule has 2 saturated carbocycles. The molecule has 5 nitrogen and oxygen atoms in total. The van der Waals surface area contributed by atoms with E-state index >= 15 is 0 Å². The quantitative estimate of drug-likeness (QED) is 0.767. The van der Waals surface area contributed by atoms with E-state index in [1.54, 1.807) is 24.1 Å². The zero-order chi connectivity index (χ0) is 19.8. The summed E-state index contributed by atoms with van der Waals surface area (Å²) < 4.78 is 5.48. The van der Waals surface area contributed by atoms with Gasteiger partial charge in [0.25, 0.3) is 0 Å². The molecule has 2 fully saturated rings. The van der Waals surface area contributed by atoms with E-state index in [0.29, 0.717) is 36.0 Å². The molecule has 0 spiro atoms. The molecule has 1 heterocycles. The van der Waals surface area contributed by atoms with Crippen LogP contribution >= 0.6 is 0 Å². The molecule has 1 amide bonds. The van der Waals surface area contributed by atoms with Crippen LogP contribution in [0.3, 0.4) is 0 Å². The lowest BCUT2D eigenvalue weighted by atomic mass is 9.72. The first kappa shape index (κ1) is 18.1. The molecule has 29 heavy (non-hydrogen) atoms. The Morgan fingerprint density at radius 2 is 1.62 bits per heavy atom. The summed E-state index contributed by atoms with van der Waals surface area (Å²) in [5, 5.41) is 9.30. The zero-order valence-corrected chi connectivity index (χ0v) is 16.6. The van der Waals surface area contributed by atoms with Crippen LogP contribution in [0.25, 0.3) is 0 Å². The zero-order valence-electron chi connectivity index (χ0n) is 16.6. The summed E-state index contributed by atoms with van der Waals surface area (Å²) in [4.78, 5) is 14.1. The molecule has 0 radical (unpaired) electrons. The Labute approximate surface area is 171 Å². The van der Waals surface area contributed by atoms with Crippen LogP contribution in [-0.2, 0) is 0 Å². The van der Waals surface area contributed by atoms with Gasteiger partial charge in [-0.15, -0.1) is 0 Å². The Morgan fingerprint density at radius 1 is 0.966 bits per heavy atom. The fraction of sp³-hybridized carbons (Fsp3) is 0.375. The molecule has 4 unspecified atom stereocenters. The van der Waals surface area contributed by atoms with Gasteiger partial charge in [0.2, 0.25) is 0 Å². The van der Waals surface area contributed by atoms with E-state index in [9.17, 15) is 4.79 Å². The van der Waals surface area contributed by atoms with Crippen LogP contribution in [0.2, 0.25) is 0 Å². The SMILES string of the molecule is CN(CC1=NN=C(c2ccccc2)C2C3CCC(C3)C12)C(=O)Oc1ccccc1. The largest absolute Gasteiger partial charge is 0.415 e. The predicted octanol–water partition coefficient (Wildman–Crippen LogP) is 4.64. The molecule has 1 aliphatic heterocycles. The van der Waals surface area contributed by atoms with Gasteiger partial charge in [0.15, 0.2) is 0 Å². The van der Waals surface area contributed by atoms with Gasteiger partial charge in [-0.2, -0.15) is 10.2 Å². The van der Waals surface area contributed by atoms with E-state index in [2.05, 4.69) is 34.5 Å². The maximum absolute atomic E-state index is 12.5. The van der Waals surface area contributed by atoms with Gasteiger partial charge >= 0.3 is 6.09 Å². The maximum atomic E-state index is 12.5. The number of ether oxygens (including phenoxy) is 1. The van der Waals surface area contributed by atoms with E-state index in [-0.39, 0.29) is 6.09 Å². The monoisotopic (exact) mass is 387 g/mol. The lowest BCUT2D eigenvalue weighted by Gasteiger charge is -2.36. The molecule has 0 aromatic heterocycles. The standard InChI is InChI=1S/C24H25N3O2/c1-27(24(28)29-19-10-6-3-7-11-19)15-20-21-17-12-13-18(14-17)22(21)23(26-25-20)16-8-4-2-5-9-16/h2-11,17-18,21-22H,12-15H2,1H3. The minimum absolute atomic E-state index is 0.364. The molecule has 2 aliphatic carbocycles. The fourth-order valence-electron chi connectivity index (χ4n) is 5.39. The molecule has 3 aliphatic rings. The van der Waals surface area contributed by atoms with Crippen molar-refractivity contribution in [3.05, 3.63) is 66.2 Å². The fourth-order valence-corrected chi connectivity index (χ4v) is 5.39. The lowest BCUT2D eigenvalue weighted by molar-refractivity contribution is 0.167. The third kappa shape index (κ3) is 3.35. The summed E-state index contributed by atoms with van der Waals surface area (Å²) in [6, 6.07) is 19.6. The van der Waals surface area contributed by atoms with Crippen molar-refractivity contribution >= 4 is 17.5 Å². The van der Waals surface area contributed by atoms with Crippen molar-refractivity contribution in [2.45, 2.75) is 19.3 Å². The first-order valence-corrected chi connectivity index (χ1v) is 10.4. The normalized spacial score (nSPS) is 27.1. The average Bonchev–Trinajstić information content (AvgIpc) is 3.38. The Bertz CT molecular complexity index is 955. The maximum Gasteiger partial charge on any atom is 0.415 e. The number of para-hydroxylation sites is 1. The van der Waals surface area contributed by atoms with E-state index in [4.69, 9.17) is 4.74 Å². The summed E-state index contributed by atoms with van der Waals surface area (Å²) >= 11 is 0. The van der Waals surface area contributed by atoms with E-state index in [1.807, 2.05) is 24.3 Å². The van der Waals surface area contributed by atoms with Crippen molar-refractivity contribution in [1.82, 2.24) is 4.90 Å².